The molecule has 0 bridgehead atoms. The van der Waals surface area contributed by atoms with Crippen molar-refractivity contribution in [2.45, 2.75) is 33.1 Å². The first kappa shape index (κ1) is 14.1. The number of nitrogens with zero attached hydrogens (tertiary/aromatic N) is 2. The van der Waals surface area contributed by atoms with Gasteiger partial charge in [0.05, 0.1) is 6.61 Å². The Morgan fingerprint density at radius 2 is 2.37 bits per heavy atom. The molecule has 0 radical (unpaired) electrons. The molecule has 0 aliphatic carbocycles. The van der Waals surface area contributed by atoms with Gasteiger partial charge in [-0.3, -0.25) is 0 Å². The number of aromatic nitrogens is 2. The van der Waals surface area contributed by atoms with Crippen molar-refractivity contribution in [3.05, 3.63) is 11.8 Å². The molecule has 1 aromatic rings. The number of hydrogen-bond acceptors (Lipinski definition) is 5. The smallest absolute Gasteiger partial charge is 0.226 e. The zero-order valence-electron chi connectivity index (χ0n) is 11.9. The summed E-state index contributed by atoms with van der Waals surface area (Å²) in [7, 11) is 0. The van der Waals surface area contributed by atoms with Crippen LogP contribution in [0.2, 0.25) is 0 Å². The van der Waals surface area contributed by atoms with E-state index in [9.17, 15) is 0 Å². The molecule has 1 unspecified atom stereocenters. The fraction of sp³-hybridized carbons (Fsp3) is 0.714. The summed E-state index contributed by atoms with van der Waals surface area (Å²) in [6.45, 7) is 7.77. The standard InChI is InChI=1S/C14H24N4O/c1-3-19-13-9-11(2)17-14(18-13)16-8-6-12-5-4-7-15-10-12/h9,12,15H,3-8,10H2,1-2H3,(H,16,17,18). The lowest BCUT2D eigenvalue weighted by Gasteiger charge is -2.22. The minimum atomic E-state index is 0.629. The van der Waals surface area contributed by atoms with Gasteiger partial charge in [0.25, 0.3) is 0 Å². The van der Waals surface area contributed by atoms with E-state index in [1.807, 2.05) is 19.9 Å². The highest BCUT2D eigenvalue weighted by Crippen LogP contribution is 2.15. The lowest BCUT2D eigenvalue weighted by molar-refractivity contribution is 0.326. The first-order valence-corrected chi connectivity index (χ1v) is 7.21. The van der Waals surface area contributed by atoms with Crippen LogP contribution in [0.15, 0.2) is 6.07 Å². The Bertz CT molecular complexity index is 391. The molecule has 2 N–H and O–H groups in total. The van der Waals surface area contributed by atoms with Crippen molar-refractivity contribution in [3.63, 3.8) is 0 Å². The molecule has 5 heteroatoms. The second-order valence-corrected chi connectivity index (χ2v) is 5.03. The maximum absolute atomic E-state index is 5.42. The Morgan fingerprint density at radius 1 is 1.47 bits per heavy atom. The summed E-state index contributed by atoms with van der Waals surface area (Å²) in [5.41, 5.74) is 0.931. The van der Waals surface area contributed by atoms with Gasteiger partial charge in [0.1, 0.15) is 0 Å². The van der Waals surface area contributed by atoms with E-state index in [1.54, 1.807) is 0 Å². The average molecular weight is 264 g/mol. The molecule has 1 atom stereocenters. The van der Waals surface area contributed by atoms with Gasteiger partial charge in [-0.05, 0) is 52.1 Å². The molecule has 106 valence electrons. The SMILES string of the molecule is CCOc1cc(C)nc(NCCC2CCCNC2)n1. The molecule has 1 saturated heterocycles. The largest absolute Gasteiger partial charge is 0.478 e. The number of rotatable bonds is 6. The van der Waals surface area contributed by atoms with Crippen LogP contribution in [-0.2, 0) is 0 Å². The van der Waals surface area contributed by atoms with Crippen molar-refractivity contribution in [1.82, 2.24) is 15.3 Å². The summed E-state index contributed by atoms with van der Waals surface area (Å²) in [6, 6.07) is 1.86. The van der Waals surface area contributed by atoms with Gasteiger partial charge >= 0.3 is 0 Å². The topological polar surface area (TPSA) is 59.1 Å². The molecule has 0 saturated carbocycles. The number of piperidine rings is 1. The van der Waals surface area contributed by atoms with Crippen LogP contribution in [0.4, 0.5) is 5.95 Å². The molecule has 0 amide bonds. The van der Waals surface area contributed by atoms with Crippen molar-refractivity contribution >= 4 is 5.95 Å². The molecule has 2 heterocycles. The number of ether oxygens (including phenoxy) is 1. The van der Waals surface area contributed by atoms with Gasteiger partial charge in [-0.15, -0.1) is 0 Å². The van der Waals surface area contributed by atoms with Crippen LogP contribution in [0.1, 0.15) is 31.9 Å². The van der Waals surface area contributed by atoms with Crippen molar-refractivity contribution in [2.75, 3.05) is 31.6 Å². The van der Waals surface area contributed by atoms with E-state index in [0.29, 0.717) is 18.4 Å². The number of nitrogens with one attached hydrogen (secondary N) is 2. The van der Waals surface area contributed by atoms with Crippen LogP contribution < -0.4 is 15.4 Å². The first-order valence-electron chi connectivity index (χ1n) is 7.21. The highest BCUT2D eigenvalue weighted by atomic mass is 16.5. The molecule has 1 aliphatic heterocycles. The molecule has 0 aromatic carbocycles. The van der Waals surface area contributed by atoms with Gasteiger partial charge in [0, 0.05) is 18.3 Å². The lowest BCUT2D eigenvalue weighted by Crippen LogP contribution is -2.30. The maximum Gasteiger partial charge on any atom is 0.226 e. The van der Waals surface area contributed by atoms with Crippen LogP contribution in [-0.4, -0.2) is 36.2 Å². The molecule has 1 aromatic heterocycles. The van der Waals surface area contributed by atoms with Crippen LogP contribution in [0, 0.1) is 12.8 Å². The van der Waals surface area contributed by atoms with Crippen molar-refractivity contribution in [3.8, 4) is 5.88 Å². The molecule has 5 nitrogen and oxygen atoms in total. The van der Waals surface area contributed by atoms with E-state index in [0.717, 1.165) is 31.1 Å². The van der Waals surface area contributed by atoms with E-state index < -0.39 is 0 Å². The molecule has 1 aliphatic rings. The van der Waals surface area contributed by atoms with Crippen molar-refractivity contribution in [1.29, 1.82) is 0 Å². The third-order valence-corrected chi connectivity index (χ3v) is 3.36. The second-order valence-electron chi connectivity index (χ2n) is 5.03. The van der Waals surface area contributed by atoms with Crippen molar-refractivity contribution < 1.29 is 4.74 Å². The van der Waals surface area contributed by atoms with Crippen LogP contribution in [0.25, 0.3) is 0 Å². The number of hydrogen-bond donors (Lipinski definition) is 2. The Hall–Kier alpha value is -1.36. The third-order valence-electron chi connectivity index (χ3n) is 3.36. The Morgan fingerprint density at radius 3 is 3.11 bits per heavy atom. The molecular formula is C14H24N4O. The lowest BCUT2D eigenvalue weighted by atomic mass is 9.96. The minimum absolute atomic E-state index is 0.629. The number of aryl methyl sites for hydroxylation is 1. The van der Waals surface area contributed by atoms with Gasteiger partial charge in [0.15, 0.2) is 0 Å². The van der Waals surface area contributed by atoms with E-state index >= 15 is 0 Å². The summed E-state index contributed by atoms with van der Waals surface area (Å²) in [4.78, 5) is 8.73. The second kappa shape index (κ2) is 7.28. The predicted molar refractivity (Wildman–Crippen MR) is 76.6 cm³/mol. The quantitative estimate of drug-likeness (QED) is 0.823. The zero-order chi connectivity index (χ0) is 13.5. The van der Waals surface area contributed by atoms with E-state index in [2.05, 4.69) is 20.6 Å². The van der Waals surface area contributed by atoms with Crippen LogP contribution in [0.5, 0.6) is 5.88 Å². The van der Waals surface area contributed by atoms with Gasteiger partial charge in [0.2, 0.25) is 11.8 Å². The highest BCUT2D eigenvalue weighted by Gasteiger charge is 2.12. The first-order chi connectivity index (χ1) is 9.28. The van der Waals surface area contributed by atoms with Gasteiger partial charge in [-0.2, -0.15) is 4.98 Å². The molecule has 2 rings (SSSR count). The Balaban J connectivity index is 1.81. The summed E-state index contributed by atoms with van der Waals surface area (Å²) in [5.74, 6) is 2.10. The molecule has 0 spiro atoms. The van der Waals surface area contributed by atoms with E-state index in [4.69, 9.17) is 4.74 Å². The minimum Gasteiger partial charge on any atom is -0.478 e. The maximum atomic E-state index is 5.42. The van der Waals surface area contributed by atoms with Gasteiger partial charge in [-0.25, -0.2) is 4.98 Å². The predicted octanol–water partition coefficient (Wildman–Crippen LogP) is 1.99. The van der Waals surface area contributed by atoms with Crippen LogP contribution >= 0.6 is 0 Å². The fourth-order valence-electron chi connectivity index (χ4n) is 2.40. The number of anilines is 1. The van der Waals surface area contributed by atoms with E-state index in [-0.39, 0.29) is 0 Å². The third kappa shape index (κ3) is 4.67. The Labute approximate surface area is 115 Å². The Kier molecular flexibility index (Phi) is 5.39. The molecular weight excluding hydrogens is 240 g/mol. The molecule has 1 fully saturated rings. The monoisotopic (exact) mass is 264 g/mol. The summed E-state index contributed by atoms with van der Waals surface area (Å²) < 4.78 is 5.42. The summed E-state index contributed by atoms with van der Waals surface area (Å²) in [6.07, 6.45) is 3.78. The van der Waals surface area contributed by atoms with Gasteiger partial charge in [-0.1, -0.05) is 0 Å². The molecule has 19 heavy (non-hydrogen) atoms. The average Bonchev–Trinajstić information content (AvgIpc) is 2.40. The highest BCUT2D eigenvalue weighted by molar-refractivity contribution is 5.30. The van der Waals surface area contributed by atoms with Crippen molar-refractivity contribution in [2.24, 2.45) is 5.92 Å². The van der Waals surface area contributed by atoms with E-state index in [1.165, 1.54) is 19.4 Å². The van der Waals surface area contributed by atoms with Crippen LogP contribution in [0.3, 0.4) is 0 Å². The fourth-order valence-corrected chi connectivity index (χ4v) is 2.40. The zero-order valence-corrected chi connectivity index (χ0v) is 11.9. The normalized spacial score (nSPS) is 19.2. The summed E-state index contributed by atoms with van der Waals surface area (Å²) >= 11 is 0. The summed E-state index contributed by atoms with van der Waals surface area (Å²) in [5, 5.41) is 6.74. The van der Waals surface area contributed by atoms with Gasteiger partial charge < -0.3 is 15.4 Å².